The predicted molar refractivity (Wildman–Crippen MR) is 78.8 cm³/mol. The molecule has 1 aromatic rings. The van der Waals surface area contributed by atoms with Crippen LogP contribution in [0.25, 0.3) is 0 Å². The third kappa shape index (κ3) is 5.50. The summed E-state index contributed by atoms with van der Waals surface area (Å²) >= 11 is 5.13. The van der Waals surface area contributed by atoms with Crippen molar-refractivity contribution < 1.29 is 9.90 Å². The largest absolute Gasteiger partial charge is 0.394 e. The first kappa shape index (κ1) is 15.7. The Morgan fingerprint density at radius 2 is 2.22 bits per heavy atom. The lowest BCUT2D eigenvalue weighted by Crippen LogP contribution is -2.41. The summed E-state index contributed by atoms with van der Waals surface area (Å²) in [4.78, 5) is 13.0. The number of aryl methyl sites for hydroxylation is 1. The van der Waals surface area contributed by atoms with Gasteiger partial charge in [-0.05, 0) is 46.8 Å². The standard InChI is InChI=1S/C13H20BrNO2S/c1-9(2)11(8-16)15-13(17)5-3-4-10-6-7-12(14)18-10/h6-7,9,11,16H,3-5,8H2,1-2H3,(H,15,17)/t11-/m1/s1. The zero-order chi connectivity index (χ0) is 13.5. The van der Waals surface area contributed by atoms with Crippen molar-refractivity contribution in [3.8, 4) is 0 Å². The van der Waals surface area contributed by atoms with Crippen LogP contribution >= 0.6 is 27.3 Å². The minimum atomic E-state index is -0.131. The number of carbonyl (C=O) groups is 1. The molecule has 0 radical (unpaired) electrons. The molecule has 102 valence electrons. The van der Waals surface area contributed by atoms with Crippen molar-refractivity contribution in [3.63, 3.8) is 0 Å². The quantitative estimate of drug-likeness (QED) is 0.805. The van der Waals surface area contributed by atoms with E-state index in [1.54, 1.807) is 11.3 Å². The Morgan fingerprint density at radius 3 is 2.72 bits per heavy atom. The van der Waals surface area contributed by atoms with Gasteiger partial charge in [-0.3, -0.25) is 4.79 Å². The Kier molecular flexibility index (Phi) is 6.89. The smallest absolute Gasteiger partial charge is 0.220 e. The molecular formula is C13H20BrNO2S. The summed E-state index contributed by atoms with van der Waals surface area (Å²) in [6, 6.07) is 3.98. The van der Waals surface area contributed by atoms with Crippen molar-refractivity contribution in [1.29, 1.82) is 0 Å². The fraction of sp³-hybridized carbons (Fsp3) is 0.615. The Labute approximate surface area is 121 Å². The molecule has 1 rings (SSSR count). The van der Waals surface area contributed by atoms with Crippen molar-refractivity contribution in [2.75, 3.05) is 6.61 Å². The second-order valence-corrected chi connectivity index (χ2v) is 7.21. The lowest BCUT2D eigenvalue weighted by molar-refractivity contribution is -0.122. The van der Waals surface area contributed by atoms with Gasteiger partial charge in [-0.2, -0.15) is 0 Å². The first-order valence-corrected chi connectivity index (χ1v) is 7.78. The van der Waals surface area contributed by atoms with E-state index in [-0.39, 0.29) is 24.5 Å². The molecule has 0 bridgehead atoms. The number of aliphatic hydroxyl groups is 1. The predicted octanol–water partition coefficient (Wildman–Crippen LogP) is 2.97. The van der Waals surface area contributed by atoms with Crippen LogP contribution in [0.5, 0.6) is 0 Å². The summed E-state index contributed by atoms with van der Waals surface area (Å²) in [6.45, 7) is 3.98. The fourth-order valence-electron chi connectivity index (χ4n) is 1.61. The van der Waals surface area contributed by atoms with Crippen LogP contribution in [-0.4, -0.2) is 23.7 Å². The van der Waals surface area contributed by atoms with E-state index in [4.69, 9.17) is 5.11 Å². The maximum Gasteiger partial charge on any atom is 0.220 e. The number of rotatable bonds is 7. The minimum absolute atomic E-state index is 0.00127. The maximum atomic E-state index is 11.7. The molecule has 3 nitrogen and oxygen atoms in total. The normalized spacial score (nSPS) is 12.7. The van der Waals surface area contributed by atoms with E-state index in [0.717, 1.165) is 16.6 Å². The monoisotopic (exact) mass is 333 g/mol. The molecule has 0 fully saturated rings. The molecule has 2 N–H and O–H groups in total. The van der Waals surface area contributed by atoms with Crippen molar-refractivity contribution in [1.82, 2.24) is 5.32 Å². The Balaban J connectivity index is 2.24. The first-order chi connectivity index (χ1) is 8.52. The molecule has 0 aliphatic carbocycles. The van der Waals surface area contributed by atoms with E-state index in [2.05, 4.69) is 27.3 Å². The van der Waals surface area contributed by atoms with Gasteiger partial charge < -0.3 is 10.4 Å². The number of aliphatic hydroxyl groups excluding tert-OH is 1. The minimum Gasteiger partial charge on any atom is -0.394 e. The van der Waals surface area contributed by atoms with Crippen molar-refractivity contribution in [3.05, 3.63) is 20.8 Å². The first-order valence-electron chi connectivity index (χ1n) is 6.17. The number of hydrogen-bond donors (Lipinski definition) is 2. The van der Waals surface area contributed by atoms with Crippen LogP contribution in [0.3, 0.4) is 0 Å². The number of halogens is 1. The van der Waals surface area contributed by atoms with E-state index < -0.39 is 0 Å². The van der Waals surface area contributed by atoms with E-state index in [9.17, 15) is 4.79 Å². The average molecular weight is 334 g/mol. The molecule has 0 unspecified atom stereocenters. The van der Waals surface area contributed by atoms with Gasteiger partial charge in [0.25, 0.3) is 0 Å². The highest BCUT2D eigenvalue weighted by molar-refractivity contribution is 9.11. The second kappa shape index (κ2) is 7.92. The molecular weight excluding hydrogens is 314 g/mol. The SMILES string of the molecule is CC(C)[C@@H](CO)NC(=O)CCCc1ccc(Br)s1. The Morgan fingerprint density at radius 1 is 1.50 bits per heavy atom. The molecule has 0 spiro atoms. The van der Waals surface area contributed by atoms with E-state index in [1.165, 1.54) is 4.88 Å². The zero-order valence-corrected chi connectivity index (χ0v) is 13.2. The molecule has 1 atom stereocenters. The van der Waals surface area contributed by atoms with Crippen LogP contribution in [0.2, 0.25) is 0 Å². The molecule has 5 heteroatoms. The summed E-state index contributed by atoms with van der Waals surface area (Å²) in [5.74, 6) is 0.283. The Hall–Kier alpha value is -0.390. The maximum absolute atomic E-state index is 11.7. The highest BCUT2D eigenvalue weighted by Gasteiger charge is 2.14. The fourth-order valence-corrected chi connectivity index (χ4v) is 3.14. The van der Waals surface area contributed by atoms with E-state index >= 15 is 0 Å². The second-order valence-electron chi connectivity index (χ2n) is 4.66. The number of carbonyl (C=O) groups excluding carboxylic acids is 1. The lowest BCUT2D eigenvalue weighted by atomic mass is 10.1. The van der Waals surface area contributed by atoms with E-state index in [1.807, 2.05) is 19.9 Å². The summed E-state index contributed by atoms with van der Waals surface area (Å²) in [5.41, 5.74) is 0. The van der Waals surface area contributed by atoms with Crippen LogP contribution in [0.15, 0.2) is 15.9 Å². The lowest BCUT2D eigenvalue weighted by Gasteiger charge is -2.19. The summed E-state index contributed by atoms with van der Waals surface area (Å²) in [5, 5.41) is 12.0. The van der Waals surface area contributed by atoms with Crippen molar-refractivity contribution in [2.24, 2.45) is 5.92 Å². The van der Waals surface area contributed by atoms with Gasteiger partial charge in [0.05, 0.1) is 16.4 Å². The molecule has 1 aromatic heterocycles. The zero-order valence-electron chi connectivity index (χ0n) is 10.8. The van der Waals surface area contributed by atoms with Gasteiger partial charge in [-0.15, -0.1) is 11.3 Å². The van der Waals surface area contributed by atoms with Gasteiger partial charge in [-0.1, -0.05) is 13.8 Å². The Bertz CT molecular complexity index is 379. The molecule has 0 saturated heterocycles. The van der Waals surface area contributed by atoms with Crippen LogP contribution in [0, 0.1) is 5.92 Å². The van der Waals surface area contributed by atoms with Crippen molar-refractivity contribution in [2.45, 2.75) is 39.2 Å². The molecule has 0 saturated carbocycles. The van der Waals surface area contributed by atoms with Crippen LogP contribution in [-0.2, 0) is 11.2 Å². The number of amides is 1. The highest BCUT2D eigenvalue weighted by atomic mass is 79.9. The van der Waals surface area contributed by atoms with E-state index in [0.29, 0.717) is 6.42 Å². The van der Waals surface area contributed by atoms with Crippen molar-refractivity contribution >= 4 is 33.2 Å². The molecule has 0 aromatic carbocycles. The van der Waals surface area contributed by atoms with Crippen LogP contribution < -0.4 is 5.32 Å². The topological polar surface area (TPSA) is 49.3 Å². The summed E-state index contributed by atoms with van der Waals surface area (Å²) in [6.07, 6.45) is 2.28. The third-order valence-electron chi connectivity index (χ3n) is 2.80. The molecule has 18 heavy (non-hydrogen) atoms. The number of nitrogens with one attached hydrogen (secondary N) is 1. The third-order valence-corrected chi connectivity index (χ3v) is 4.49. The van der Waals surface area contributed by atoms with Gasteiger partial charge in [0, 0.05) is 11.3 Å². The van der Waals surface area contributed by atoms with Gasteiger partial charge in [0.15, 0.2) is 0 Å². The number of thiophene rings is 1. The molecule has 1 heterocycles. The molecule has 0 aliphatic rings. The molecule has 0 aliphatic heterocycles. The van der Waals surface area contributed by atoms with Gasteiger partial charge in [0.1, 0.15) is 0 Å². The van der Waals surface area contributed by atoms with Crippen LogP contribution in [0.1, 0.15) is 31.6 Å². The average Bonchev–Trinajstić information content (AvgIpc) is 2.71. The summed E-state index contributed by atoms with van der Waals surface area (Å²) in [7, 11) is 0. The van der Waals surface area contributed by atoms with Crippen LogP contribution in [0.4, 0.5) is 0 Å². The van der Waals surface area contributed by atoms with Gasteiger partial charge in [-0.25, -0.2) is 0 Å². The van der Waals surface area contributed by atoms with Gasteiger partial charge >= 0.3 is 0 Å². The highest BCUT2D eigenvalue weighted by Crippen LogP contribution is 2.23. The number of hydrogen-bond acceptors (Lipinski definition) is 3. The molecule has 1 amide bonds. The van der Waals surface area contributed by atoms with Gasteiger partial charge in [0.2, 0.25) is 5.91 Å². The summed E-state index contributed by atoms with van der Waals surface area (Å²) < 4.78 is 1.13.